The summed E-state index contributed by atoms with van der Waals surface area (Å²) in [5.41, 5.74) is -1.11. The highest BCUT2D eigenvalue weighted by Crippen LogP contribution is 2.28. The molecule has 3 rings (SSSR count). The van der Waals surface area contributed by atoms with E-state index < -0.39 is 44.0 Å². The Bertz CT molecular complexity index is 977. The van der Waals surface area contributed by atoms with Crippen molar-refractivity contribution in [3.05, 3.63) is 29.4 Å². The van der Waals surface area contributed by atoms with Gasteiger partial charge in [-0.2, -0.15) is 0 Å². The molecule has 3 heteroatoms. The summed E-state index contributed by atoms with van der Waals surface area (Å²) in [7, 11) is 1.30. The number of nitrogens with zero attached hydrogens (tertiary/aromatic N) is 1. The van der Waals surface area contributed by atoms with Crippen molar-refractivity contribution >= 4 is 10.9 Å². The number of hydrogen-bond acceptors (Lipinski definition) is 2. The molecule has 0 amide bonds. The molecule has 0 bridgehead atoms. The lowest BCUT2D eigenvalue weighted by molar-refractivity contribution is 0.352. The van der Waals surface area contributed by atoms with Crippen LogP contribution < -0.4 is 4.74 Å². The molecule has 90 valence electrons. The van der Waals surface area contributed by atoms with Crippen LogP contribution in [-0.4, -0.2) is 37.0 Å². The van der Waals surface area contributed by atoms with Gasteiger partial charge in [-0.15, -0.1) is 0 Å². The Balaban J connectivity index is 2.51. The van der Waals surface area contributed by atoms with Crippen LogP contribution in [0.15, 0.2) is 18.2 Å². The summed E-state index contributed by atoms with van der Waals surface area (Å²) in [4.78, 5) is 2.21. The number of aromatic amines is 1. The van der Waals surface area contributed by atoms with E-state index in [1.165, 1.54) is 13.2 Å². The molecule has 0 saturated carbocycles. The summed E-state index contributed by atoms with van der Waals surface area (Å²) in [5, 5.41) is -0.0632. The molecule has 1 aliphatic rings. The predicted octanol–water partition coefficient (Wildman–Crippen LogP) is 2.21. The fourth-order valence-corrected chi connectivity index (χ4v) is 1.71. The number of H-pyrrole nitrogens is 1. The Morgan fingerprint density at radius 2 is 2.41 bits per heavy atom. The quantitative estimate of drug-likeness (QED) is 0.830. The summed E-state index contributed by atoms with van der Waals surface area (Å²) < 4.78 is 102. The zero-order chi connectivity index (χ0) is 22.4. The van der Waals surface area contributed by atoms with Crippen LogP contribution in [0.5, 0.6) is 5.75 Å². The number of aryl methyl sites for hydroxylation is 2. The second-order valence-electron chi connectivity index (χ2n) is 3.51. The molecule has 1 aliphatic heterocycles. The average Bonchev–Trinajstić information content (AvgIpc) is 2.89. The SMILES string of the molecule is [2H]c1cc2c3c([nH]c2cc1OC)C([2H])([2H])C([2H])([2H])N(C([2H])([2H])[2H])C([2H])([2H])C3([2H])[2H]. The maximum atomic E-state index is 8.44. The van der Waals surface area contributed by atoms with Gasteiger partial charge in [0, 0.05) is 57.1 Å². The lowest BCUT2D eigenvalue weighted by Crippen LogP contribution is -2.21. The first-order valence-electron chi connectivity index (χ1n) is 10.9. The molecule has 0 aliphatic carbocycles. The first-order chi connectivity index (χ1) is 12.9. The van der Waals surface area contributed by atoms with Crippen LogP contribution in [0.1, 0.15) is 27.7 Å². The highest BCUT2D eigenvalue weighted by Gasteiger charge is 2.16. The third-order valence-corrected chi connectivity index (χ3v) is 2.51. The number of fused-ring (bicyclic) bond motifs is 3. The van der Waals surface area contributed by atoms with Gasteiger partial charge in [0.25, 0.3) is 0 Å². The lowest BCUT2D eigenvalue weighted by Gasteiger charge is -2.11. The molecule has 1 N–H and O–H groups in total. The minimum absolute atomic E-state index is 0.0632. The summed E-state index contributed by atoms with van der Waals surface area (Å²) in [6.45, 7) is -10.4. The number of hydrogen-bond donors (Lipinski definition) is 1. The van der Waals surface area contributed by atoms with E-state index in [2.05, 4.69) is 4.98 Å². The number of ether oxygens (including phenoxy) is 1. The molecule has 0 saturated heterocycles. The van der Waals surface area contributed by atoms with E-state index in [4.69, 9.17) is 21.2 Å². The van der Waals surface area contributed by atoms with Crippen molar-refractivity contribution in [2.75, 3.05) is 27.1 Å². The van der Waals surface area contributed by atoms with Gasteiger partial charge in [-0.05, 0) is 31.0 Å². The van der Waals surface area contributed by atoms with Crippen LogP contribution in [0.3, 0.4) is 0 Å². The Kier molecular flexibility index (Phi) is 0.900. The molecule has 0 atom stereocenters. The van der Waals surface area contributed by atoms with Gasteiger partial charge in [-0.3, -0.25) is 0 Å². The molecule has 1 aromatic heterocycles. The largest absolute Gasteiger partial charge is 0.497 e. The topological polar surface area (TPSA) is 28.3 Å². The molecule has 2 heterocycles. The van der Waals surface area contributed by atoms with Crippen molar-refractivity contribution in [2.45, 2.75) is 12.7 Å². The van der Waals surface area contributed by atoms with Gasteiger partial charge in [-0.1, -0.05) is 0 Å². The van der Waals surface area contributed by atoms with Crippen molar-refractivity contribution in [1.82, 2.24) is 9.88 Å². The molecule has 0 fully saturated rings. The van der Waals surface area contributed by atoms with Crippen molar-refractivity contribution in [3.63, 3.8) is 0 Å². The lowest BCUT2D eigenvalue weighted by atomic mass is 10.1. The molecule has 1 aromatic carbocycles. The Hall–Kier alpha value is -1.48. The molecule has 0 spiro atoms. The van der Waals surface area contributed by atoms with Crippen LogP contribution in [0, 0.1) is 0 Å². The monoisotopic (exact) mass is 242 g/mol. The van der Waals surface area contributed by atoms with Gasteiger partial charge in [0.2, 0.25) is 0 Å². The zero-order valence-corrected chi connectivity index (χ0v) is 9.01. The van der Waals surface area contributed by atoms with Crippen LogP contribution in [0.2, 0.25) is 0 Å². The minimum Gasteiger partial charge on any atom is -0.497 e. The number of rotatable bonds is 1. The van der Waals surface area contributed by atoms with E-state index in [1.807, 2.05) is 0 Å². The molecule has 0 unspecified atom stereocenters. The minimum atomic E-state index is -3.49. The van der Waals surface area contributed by atoms with Crippen molar-refractivity contribution < 1.29 is 21.2 Å². The van der Waals surface area contributed by atoms with E-state index in [0.29, 0.717) is 0 Å². The van der Waals surface area contributed by atoms with Gasteiger partial charge in [0.15, 0.2) is 0 Å². The van der Waals surface area contributed by atoms with E-state index in [1.54, 1.807) is 0 Å². The molecule has 0 radical (unpaired) electrons. The standard InChI is InChI=1S/C14H18N2O/c1-16-7-5-12-11-4-3-10(17-2)9-14(11)15-13(12)6-8-16/h3-4,9,15H,5-8H2,1-2H3/i1D3,3D,5D2,6D2,7D2,8D2. The average molecular weight is 242 g/mol. The Labute approximate surface area is 118 Å². The highest BCUT2D eigenvalue weighted by molar-refractivity contribution is 5.86. The summed E-state index contributed by atoms with van der Waals surface area (Å²) in [5.74, 6) is 0.0881. The second-order valence-corrected chi connectivity index (χ2v) is 3.51. The molecular formula is C14H18N2O. The normalized spacial score (nSPS) is 39.8. The molecular weight excluding hydrogens is 212 g/mol. The smallest absolute Gasteiger partial charge is 0.120 e. The van der Waals surface area contributed by atoms with Gasteiger partial charge in [-0.25, -0.2) is 0 Å². The van der Waals surface area contributed by atoms with Crippen LogP contribution in [0.4, 0.5) is 0 Å². The fraction of sp³-hybridized carbons (Fsp3) is 0.429. The van der Waals surface area contributed by atoms with Gasteiger partial charge in [0.1, 0.15) is 5.75 Å². The fourth-order valence-electron chi connectivity index (χ4n) is 1.71. The molecule has 17 heavy (non-hydrogen) atoms. The second kappa shape index (κ2) is 4.08. The first kappa shape index (κ1) is 3.75. The Morgan fingerprint density at radius 3 is 3.24 bits per heavy atom. The highest BCUT2D eigenvalue weighted by atomic mass is 16.5. The first-order valence-corrected chi connectivity index (χ1v) is 4.94. The number of methoxy groups -OCH3 is 1. The van der Waals surface area contributed by atoms with E-state index >= 15 is 0 Å². The van der Waals surface area contributed by atoms with E-state index in [9.17, 15) is 0 Å². The van der Waals surface area contributed by atoms with Gasteiger partial charge < -0.3 is 14.6 Å². The van der Waals surface area contributed by atoms with E-state index in [-0.39, 0.29) is 27.6 Å². The van der Waals surface area contributed by atoms with Crippen molar-refractivity contribution in [3.8, 4) is 5.75 Å². The van der Waals surface area contributed by atoms with Crippen LogP contribution in [-0.2, 0) is 12.7 Å². The third kappa shape index (κ3) is 1.80. The zero-order valence-electron chi connectivity index (χ0n) is 21.0. The number of nitrogens with one attached hydrogen (secondary N) is 1. The van der Waals surface area contributed by atoms with Crippen LogP contribution >= 0.6 is 0 Å². The maximum Gasteiger partial charge on any atom is 0.120 e. The van der Waals surface area contributed by atoms with E-state index in [0.717, 1.165) is 6.07 Å². The number of likely N-dealkylation sites (N-methyl/N-ethyl adjacent to an activating group) is 1. The van der Waals surface area contributed by atoms with Gasteiger partial charge in [0.05, 0.1) is 8.48 Å². The molecule has 3 nitrogen and oxygen atoms in total. The third-order valence-electron chi connectivity index (χ3n) is 2.51. The Morgan fingerprint density at radius 1 is 1.53 bits per heavy atom. The summed E-state index contributed by atoms with van der Waals surface area (Å²) >= 11 is 0. The van der Waals surface area contributed by atoms with Crippen molar-refractivity contribution in [2.24, 2.45) is 0 Å². The molecule has 2 aromatic rings. The predicted molar refractivity (Wildman–Crippen MR) is 69.8 cm³/mol. The number of aromatic nitrogens is 1. The number of benzene rings is 1. The summed E-state index contributed by atoms with van der Waals surface area (Å²) in [6, 6.07) is 2.26. The maximum absolute atomic E-state index is 8.44. The van der Waals surface area contributed by atoms with Crippen molar-refractivity contribution in [1.29, 1.82) is 0 Å². The van der Waals surface area contributed by atoms with Crippen LogP contribution in [0.25, 0.3) is 10.9 Å². The summed E-state index contributed by atoms with van der Waals surface area (Å²) in [6.07, 6.45) is -6.31. The van der Waals surface area contributed by atoms with Gasteiger partial charge >= 0.3 is 0 Å².